The van der Waals surface area contributed by atoms with Crippen LogP contribution in [-0.4, -0.2) is 26.8 Å². The number of rotatable bonds is 5. The summed E-state index contributed by atoms with van der Waals surface area (Å²) in [6, 6.07) is 0. The predicted molar refractivity (Wildman–Crippen MR) is 37.8 cm³/mol. The van der Waals surface area contributed by atoms with Crippen LogP contribution in [0.25, 0.3) is 0 Å². The molecule has 3 heteroatoms. The molecule has 0 aliphatic heterocycles. The van der Waals surface area contributed by atoms with Gasteiger partial charge in [-0.05, 0) is 0 Å². The van der Waals surface area contributed by atoms with E-state index in [1.165, 1.54) is 12.8 Å². The van der Waals surface area contributed by atoms with Gasteiger partial charge in [-0.2, -0.15) is 0 Å². The van der Waals surface area contributed by atoms with Crippen molar-refractivity contribution in [3.8, 4) is 0 Å². The molecule has 0 saturated heterocycles. The zero-order valence-corrected chi connectivity index (χ0v) is 9.00. The van der Waals surface area contributed by atoms with Gasteiger partial charge in [0.2, 0.25) is 0 Å². The summed E-state index contributed by atoms with van der Waals surface area (Å²) in [6.07, 6.45) is 3.46. The first-order valence-corrected chi connectivity index (χ1v) is 8.59. The van der Waals surface area contributed by atoms with Crippen molar-refractivity contribution in [2.45, 2.75) is 31.1 Å². The average Bonchev–Trinajstić information content (AvgIpc) is 1.80. The van der Waals surface area contributed by atoms with Crippen molar-refractivity contribution in [2.75, 3.05) is 6.61 Å². The molecular formula is C6H14O2Sn. The van der Waals surface area contributed by atoms with Crippen molar-refractivity contribution >= 4 is 20.2 Å². The van der Waals surface area contributed by atoms with E-state index in [1.807, 2.05) is 0 Å². The van der Waals surface area contributed by atoms with E-state index < -0.39 is 20.2 Å². The van der Waals surface area contributed by atoms with E-state index in [0.717, 1.165) is 6.42 Å². The molecule has 0 atom stereocenters. The van der Waals surface area contributed by atoms with Gasteiger partial charge in [0.1, 0.15) is 0 Å². The second-order valence-corrected chi connectivity index (χ2v) is 5.68. The molecule has 0 aromatic rings. The van der Waals surface area contributed by atoms with Gasteiger partial charge >= 0.3 is 64.0 Å². The fourth-order valence-electron chi connectivity index (χ4n) is 0.568. The Balaban J connectivity index is 2.83. The standard InChI is InChI=1S/C5H11O.CH3.O.Sn/c1-2-3-4-5-6;;;/h2-5H2,1H3;1H3;;/q-1;;;+1. The zero-order chi connectivity index (χ0) is 7.11. The molecule has 0 bridgehead atoms. The predicted octanol–water partition coefficient (Wildman–Crippen LogP) is 1.74. The van der Waals surface area contributed by atoms with Crippen molar-refractivity contribution in [3.63, 3.8) is 0 Å². The van der Waals surface area contributed by atoms with Crippen molar-refractivity contribution in [1.29, 1.82) is 0 Å². The molecule has 0 aliphatic carbocycles. The number of hydrogen-bond donors (Lipinski definition) is 0. The average molecular weight is 237 g/mol. The van der Waals surface area contributed by atoms with Crippen molar-refractivity contribution in [2.24, 2.45) is 0 Å². The Morgan fingerprint density at radius 3 is 2.56 bits per heavy atom. The van der Waals surface area contributed by atoms with E-state index in [2.05, 4.69) is 6.92 Å². The molecule has 0 aromatic carbocycles. The third kappa shape index (κ3) is 8.56. The molecule has 54 valence electrons. The first-order chi connectivity index (χ1) is 4.27. The normalized spacial score (nSPS) is 9.56. The number of hydrogen-bond acceptors (Lipinski definition) is 2. The molecule has 0 heterocycles. The van der Waals surface area contributed by atoms with Crippen LogP contribution in [0.15, 0.2) is 0 Å². The second kappa shape index (κ2) is 6.68. The van der Waals surface area contributed by atoms with E-state index in [4.69, 9.17) is 3.07 Å². The fraction of sp³-hybridized carbons (Fsp3) is 1.00. The summed E-state index contributed by atoms with van der Waals surface area (Å²) in [5, 5.41) is 0. The molecule has 2 nitrogen and oxygen atoms in total. The molecule has 0 rings (SSSR count). The van der Waals surface area contributed by atoms with Crippen LogP contribution in [0.4, 0.5) is 0 Å². The van der Waals surface area contributed by atoms with E-state index >= 15 is 0 Å². The van der Waals surface area contributed by atoms with E-state index in [-0.39, 0.29) is 0 Å². The summed E-state index contributed by atoms with van der Waals surface area (Å²) in [5.74, 6) is 0. The maximum atomic E-state index is 10.5. The van der Waals surface area contributed by atoms with Crippen molar-refractivity contribution in [1.82, 2.24) is 0 Å². The van der Waals surface area contributed by atoms with Crippen molar-refractivity contribution in [3.05, 3.63) is 0 Å². The molecule has 0 spiro atoms. The molecule has 0 N–H and O–H groups in total. The molecule has 0 unspecified atom stereocenters. The van der Waals surface area contributed by atoms with Crippen LogP contribution >= 0.6 is 0 Å². The van der Waals surface area contributed by atoms with Crippen LogP contribution < -0.4 is 0 Å². The van der Waals surface area contributed by atoms with Crippen LogP contribution in [0, 0.1) is 0 Å². The van der Waals surface area contributed by atoms with Gasteiger partial charge < -0.3 is 0 Å². The van der Waals surface area contributed by atoms with Crippen LogP contribution in [0.2, 0.25) is 4.94 Å². The van der Waals surface area contributed by atoms with E-state index in [0.29, 0.717) is 6.61 Å². The molecule has 0 aliphatic rings. The topological polar surface area (TPSA) is 26.3 Å². The van der Waals surface area contributed by atoms with Gasteiger partial charge in [-0.25, -0.2) is 0 Å². The van der Waals surface area contributed by atoms with E-state index in [9.17, 15) is 3.08 Å². The van der Waals surface area contributed by atoms with Crippen LogP contribution in [0.3, 0.4) is 0 Å². The summed E-state index contributed by atoms with van der Waals surface area (Å²) in [7, 11) is 0. The molecule has 0 saturated carbocycles. The summed E-state index contributed by atoms with van der Waals surface area (Å²) < 4.78 is 15.4. The second-order valence-electron chi connectivity index (χ2n) is 2.05. The first kappa shape index (κ1) is 9.56. The van der Waals surface area contributed by atoms with Gasteiger partial charge in [-0.3, -0.25) is 0 Å². The SMILES string of the molecule is CCCCC[O][Sn]([CH3])=[O]. The minimum absolute atomic E-state index is 0.711. The molecular weight excluding hydrogens is 223 g/mol. The van der Waals surface area contributed by atoms with Crippen LogP contribution in [-0.2, 0) is 6.15 Å². The van der Waals surface area contributed by atoms with Gasteiger partial charge in [0.15, 0.2) is 0 Å². The maximum absolute atomic E-state index is 10.5. The Morgan fingerprint density at radius 1 is 1.44 bits per heavy atom. The number of unbranched alkanes of at least 4 members (excludes halogenated alkanes) is 2. The zero-order valence-electron chi connectivity index (χ0n) is 6.14. The minimum atomic E-state index is -2.43. The van der Waals surface area contributed by atoms with E-state index in [1.54, 1.807) is 4.94 Å². The molecule has 0 radical (unpaired) electrons. The third-order valence-corrected chi connectivity index (χ3v) is 2.80. The molecule has 0 amide bonds. The van der Waals surface area contributed by atoms with Gasteiger partial charge in [-0.1, -0.05) is 0 Å². The van der Waals surface area contributed by atoms with Gasteiger partial charge in [-0.15, -0.1) is 0 Å². The van der Waals surface area contributed by atoms with Crippen LogP contribution in [0.1, 0.15) is 26.2 Å². The monoisotopic (exact) mass is 238 g/mol. The Morgan fingerprint density at radius 2 is 2.11 bits per heavy atom. The Labute approximate surface area is 64.3 Å². The van der Waals surface area contributed by atoms with Crippen LogP contribution in [0.5, 0.6) is 0 Å². The Bertz CT molecular complexity index is 83.1. The van der Waals surface area contributed by atoms with Gasteiger partial charge in [0.05, 0.1) is 0 Å². The quantitative estimate of drug-likeness (QED) is 0.537. The molecule has 0 fully saturated rings. The Hall–Kier alpha value is 0.559. The Kier molecular flexibility index (Phi) is 7.09. The summed E-state index contributed by atoms with van der Waals surface area (Å²) in [5.41, 5.74) is 0. The summed E-state index contributed by atoms with van der Waals surface area (Å²) >= 11 is -2.43. The summed E-state index contributed by atoms with van der Waals surface area (Å²) in [4.78, 5) is 1.72. The fourth-order valence-corrected chi connectivity index (χ4v) is 1.80. The van der Waals surface area contributed by atoms with Gasteiger partial charge in [0, 0.05) is 0 Å². The molecule has 0 aromatic heterocycles. The summed E-state index contributed by atoms with van der Waals surface area (Å²) in [6.45, 7) is 2.85. The van der Waals surface area contributed by atoms with Gasteiger partial charge in [0.25, 0.3) is 0 Å². The van der Waals surface area contributed by atoms with Crippen molar-refractivity contribution < 1.29 is 6.15 Å². The first-order valence-electron chi connectivity index (χ1n) is 3.40. The molecule has 9 heavy (non-hydrogen) atoms. The third-order valence-electron chi connectivity index (χ3n) is 1.05.